The van der Waals surface area contributed by atoms with Crippen molar-refractivity contribution in [3.63, 3.8) is 0 Å². The average molecular weight is 247 g/mol. The summed E-state index contributed by atoms with van der Waals surface area (Å²) in [6.07, 6.45) is 1.64. The minimum atomic E-state index is -0.251. The third kappa shape index (κ3) is 3.04. The maximum Gasteiger partial charge on any atom is 0.141 e. The first-order valence-electron chi connectivity index (χ1n) is 4.89. The van der Waals surface area contributed by atoms with Crippen molar-refractivity contribution >= 4 is 17.6 Å². The van der Waals surface area contributed by atoms with Gasteiger partial charge in [-0.3, -0.25) is 10.4 Å². The second-order valence-corrected chi connectivity index (χ2v) is 4.50. The first kappa shape index (κ1) is 11.6. The molecule has 0 radical (unpaired) electrons. The van der Waals surface area contributed by atoms with Crippen molar-refractivity contribution in [3.05, 3.63) is 54.1 Å². The Morgan fingerprint density at radius 1 is 1.12 bits per heavy atom. The van der Waals surface area contributed by atoms with E-state index in [2.05, 4.69) is 4.98 Å². The van der Waals surface area contributed by atoms with E-state index >= 15 is 0 Å². The summed E-state index contributed by atoms with van der Waals surface area (Å²) in [4.78, 5) is 5.90. The third-order valence-corrected chi connectivity index (χ3v) is 3.05. The Morgan fingerprint density at radius 3 is 2.29 bits per heavy atom. The van der Waals surface area contributed by atoms with Crippen LogP contribution < -0.4 is 5.73 Å². The molecule has 1 heterocycles. The second kappa shape index (κ2) is 4.97. The van der Waals surface area contributed by atoms with Crippen molar-refractivity contribution < 1.29 is 4.39 Å². The summed E-state index contributed by atoms with van der Waals surface area (Å²) in [7, 11) is 0. The molecular formula is C12H10FN3S. The van der Waals surface area contributed by atoms with Crippen LogP contribution in [-0.4, -0.2) is 10.8 Å². The lowest BCUT2D eigenvalue weighted by atomic mass is 10.3. The van der Waals surface area contributed by atoms with Gasteiger partial charge in [-0.15, -0.1) is 0 Å². The molecule has 0 unspecified atom stereocenters. The van der Waals surface area contributed by atoms with E-state index in [1.54, 1.807) is 24.4 Å². The van der Waals surface area contributed by atoms with Crippen LogP contribution in [-0.2, 0) is 0 Å². The second-order valence-electron chi connectivity index (χ2n) is 3.35. The number of nitrogen functional groups attached to an aromatic ring is 1. The monoisotopic (exact) mass is 247 g/mol. The highest BCUT2D eigenvalue weighted by Gasteiger charge is 2.01. The Kier molecular flexibility index (Phi) is 3.39. The summed E-state index contributed by atoms with van der Waals surface area (Å²) < 4.78 is 12.7. The molecule has 17 heavy (non-hydrogen) atoms. The molecule has 3 N–H and O–H groups in total. The van der Waals surface area contributed by atoms with Crippen LogP contribution in [0.5, 0.6) is 0 Å². The quantitative estimate of drug-likeness (QED) is 0.647. The Balaban J connectivity index is 2.13. The van der Waals surface area contributed by atoms with Gasteiger partial charge in [-0.25, -0.2) is 4.39 Å². The van der Waals surface area contributed by atoms with E-state index < -0.39 is 0 Å². The van der Waals surface area contributed by atoms with Crippen LogP contribution in [0.15, 0.2) is 52.4 Å². The van der Waals surface area contributed by atoms with Gasteiger partial charge in [0.2, 0.25) is 0 Å². The molecule has 0 aliphatic heterocycles. The van der Waals surface area contributed by atoms with Crippen molar-refractivity contribution in [1.82, 2.24) is 4.98 Å². The van der Waals surface area contributed by atoms with Crippen molar-refractivity contribution in [2.24, 2.45) is 5.73 Å². The predicted octanol–water partition coefficient (Wildman–Crippen LogP) is 2.66. The van der Waals surface area contributed by atoms with E-state index in [9.17, 15) is 4.39 Å². The van der Waals surface area contributed by atoms with Crippen LogP contribution in [0.25, 0.3) is 0 Å². The number of nitrogens with one attached hydrogen (secondary N) is 1. The lowest BCUT2D eigenvalue weighted by Gasteiger charge is -2.02. The van der Waals surface area contributed by atoms with Gasteiger partial charge in [0.05, 0.1) is 0 Å². The van der Waals surface area contributed by atoms with Gasteiger partial charge in [-0.1, -0.05) is 11.8 Å². The summed E-state index contributed by atoms with van der Waals surface area (Å²) in [6, 6.07) is 9.77. The molecule has 2 aromatic rings. The Labute approximate surface area is 102 Å². The minimum Gasteiger partial charge on any atom is -0.382 e. The van der Waals surface area contributed by atoms with Crippen LogP contribution >= 0.6 is 11.8 Å². The van der Waals surface area contributed by atoms with Crippen LogP contribution in [0.2, 0.25) is 0 Å². The van der Waals surface area contributed by atoms with Crippen LogP contribution in [0.3, 0.4) is 0 Å². The standard InChI is InChI=1S/C12H10FN3S/c13-8-1-3-9(4-2-8)17-10-5-6-11(12(14)15)16-7-10/h1-7H,(H3,14,15). The number of pyridine rings is 1. The van der Waals surface area contributed by atoms with E-state index in [0.717, 1.165) is 9.79 Å². The fourth-order valence-corrected chi connectivity index (χ4v) is 2.02. The molecule has 0 amide bonds. The maximum atomic E-state index is 12.7. The number of hydrogen-bond acceptors (Lipinski definition) is 3. The third-order valence-electron chi connectivity index (χ3n) is 2.06. The SMILES string of the molecule is N=C(N)c1ccc(Sc2ccc(F)cc2)cn1. The Bertz CT molecular complexity index is 522. The van der Waals surface area contributed by atoms with Crippen molar-refractivity contribution in [2.45, 2.75) is 9.79 Å². The van der Waals surface area contributed by atoms with E-state index in [-0.39, 0.29) is 11.7 Å². The van der Waals surface area contributed by atoms with Crippen molar-refractivity contribution in [2.75, 3.05) is 0 Å². The van der Waals surface area contributed by atoms with Gasteiger partial charge in [-0.2, -0.15) is 0 Å². The molecule has 0 fully saturated rings. The van der Waals surface area contributed by atoms with Gasteiger partial charge in [0.25, 0.3) is 0 Å². The number of benzene rings is 1. The van der Waals surface area contributed by atoms with Gasteiger partial charge in [-0.05, 0) is 36.4 Å². The molecule has 3 nitrogen and oxygen atoms in total. The number of rotatable bonds is 3. The van der Waals surface area contributed by atoms with Crippen LogP contribution in [0.1, 0.15) is 5.69 Å². The fourth-order valence-electron chi connectivity index (χ4n) is 1.24. The number of aromatic nitrogens is 1. The number of halogens is 1. The number of nitrogens with zero attached hydrogens (tertiary/aromatic N) is 1. The van der Waals surface area contributed by atoms with Gasteiger partial charge in [0, 0.05) is 16.0 Å². The summed E-state index contributed by atoms with van der Waals surface area (Å²) in [5.74, 6) is -0.303. The van der Waals surface area contributed by atoms with Gasteiger partial charge in [0.15, 0.2) is 0 Å². The number of amidine groups is 1. The minimum absolute atomic E-state index is 0.0525. The van der Waals surface area contributed by atoms with Crippen molar-refractivity contribution in [1.29, 1.82) is 5.41 Å². The molecule has 2 rings (SSSR count). The average Bonchev–Trinajstić information content (AvgIpc) is 2.33. The molecule has 1 aromatic heterocycles. The Hall–Kier alpha value is -1.88. The highest BCUT2D eigenvalue weighted by Crippen LogP contribution is 2.26. The number of hydrogen-bond donors (Lipinski definition) is 2. The molecule has 5 heteroatoms. The zero-order chi connectivity index (χ0) is 12.3. The van der Waals surface area contributed by atoms with Crippen LogP contribution in [0.4, 0.5) is 4.39 Å². The molecule has 1 aromatic carbocycles. The first-order valence-corrected chi connectivity index (χ1v) is 5.70. The number of nitrogens with two attached hydrogens (primary N) is 1. The highest BCUT2D eigenvalue weighted by molar-refractivity contribution is 7.99. The summed E-state index contributed by atoms with van der Waals surface area (Å²) in [6.45, 7) is 0. The normalized spacial score (nSPS) is 10.2. The molecule has 0 atom stereocenters. The smallest absolute Gasteiger partial charge is 0.141 e. The zero-order valence-corrected chi connectivity index (χ0v) is 9.67. The van der Waals surface area contributed by atoms with E-state index in [0.29, 0.717) is 5.69 Å². The topological polar surface area (TPSA) is 62.8 Å². The highest BCUT2D eigenvalue weighted by atomic mass is 32.2. The maximum absolute atomic E-state index is 12.7. The molecule has 0 aliphatic carbocycles. The lowest BCUT2D eigenvalue weighted by Crippen LogP contribution is -2.12. The molecule has 0 spiro atoms. The molecule has 86 valence electrons. The van der Waals surface area contributed by atoms with E-state index in [1.165, 1.54) is 23.9 Å². The molecule has 0 saturated heterocycles. The summed E-state index contributed by atoms with van der Waals surface area (Å²) in [5.41, 5.74) is 5.76. The molecular weight excluding hydrogens is 237 g/mol. The molecule has 0 saturated carbocycles. The largest absolute Gasteiger partial charge is 0.382 e. The van der Waals surface area contributed by atoms with E-state index in [4.69, 9.17) is 11.1 Å². The Morgan fingerprint density at radius 2 is 1.76 bits per heavy atom. The summed E-state index contributed by atoms with van der Waals surface area (Å²) in [5, 5.41) is 7.22. The molecule has 0 aliphatic rings. The zero-order valence-electron chi connectivity index (χ0n) is 8.85. The van der Waals surface area contributed by atoms with E-state index in [1.807, 2.05) is 6.07 Å². The fraction of sp³-hybridized carbons (Fsp3) is 0. The van der Waals surface area contributed by atoms with Crippen molar-refractivity contribution in [3.8, 4) is 0 Å². The summed E-state index contributed by atoms with van der Waals surface area (Å²) >= 11 is 1.48. The first-order chi connectivity index (χ1) is 8.15. The van der Waals surface area contributed by atoms with Crippen LogP contribution in [0, 0.1) is 11.2 Å². The van der Waals surface area contributed by atoms with Gasteiger partial charge < -0.3 is 5.73 Å². The lowest BCUT2D eigenvalue weighted by molar-refractivity contribution is 0.626. The van der Waals surface area contributed by atoms with Gasteiger partial charge in [0.1, 0.15) is 17.3 Å². The predicted molar refractivity (Wildman–Crippen MR) is 65.8 cm³/mol. The molecule has 0 bridgehead atoms. The van der Waals surface area contributed by atoms with Gasteiger partial charge >= 0.3 is 0 Å².